The van der Waals surface area contributed by atoms with Gasteiger partial charge in [-0.2, -0.15) is 0 Å². The number of amides is 1. The minimum atomic E-state index is -0.230. The monoisotopic (exact) mass is 347 g/mol. The van der Waals surface area contributed by atoms with Gasteiger partial charge in [0.1, 0.15) is 11.6 Å². The first-order valence-electron chi connectivity index (χ1n) is 8.30. The quantitative estimate of drug-likeness (QED) is 0.702. The van der Waals surface area contributed by atoms with Crippen molar-refractivity contribution >= 4 is 23.1 Å². The largest absolute Gasteiger partial charge is 0.497 e. The van der Waals surface area contributed by atoms with Crippen LogP contribution in [0.2, 0.25) is 0 Å². The second-order valence-electron chi connectivity index (χ2n) is 6.12. The average molecular weight is 347 g/mol. The van der Waals surface area contributed by atoms with Crippen molar-refractivity contribution in [3.63, 3.8) is 0 Å². The summed E-state index contributed by atoms with van der Waals surface area (Å²) >= 11 is 0. The van der Waals surface area contributed by atoms with Crippen LogP contribution >= 0.6 is 0 Å². The number of benzene rings is 2. The maximum Gasteiger partial charge on any atom is 0.256 e. The molecule has 5 nitrogen and oxygen atoms in total. The highest BCUT2D eigenvalue weighted by Crippen LogP contribution is 2.20. The van der Waals surface area contributed by atoms with E-state index >= 15 is 0 Å². The number of nitrogens with one attached hydrogen (secondary N) is 2. The predicted molar refractivity (Wildman–Crippen MR) is 104 cm³/mol. The van der Waals surface area contributed by atoms with E-state index in [1.54, 1.807) is 43.6 Å². The molecular weight excluding hydrogens is 326 g/mol. The van der Waals surface area contributed by atoms with Crippen LogP contribution in [0.25, 0.3) is 0 Å². The smallest absolute Gasteiger partial charge is 0.256 e. The van der Waals surface area contributed by atoms with Crippen LogP contribution in [0.15, 0.2) is 60.8 Å². The summed E-state index contributed by atoms with van der Waals surface area (Å²) in [6.07, 6.45) is 1.69. The number of nitrogens with zero attached hydrogens (tertiary/aromatic N) is 1. The molecule has 0 saturated carbocycles. The topological polar surface area (TPSA) is 63.2 Å². The summed E-state index contributed by atoms with van der Waals surface area (Å²) in [4.78, 5) is 16.6. The van der Waals surface area contributed by atoms with Gasteiger partial charge in [-0.15, -0.1) is 0 Å². The fraction of sp³-hybridized carbons (Fsp3) is 0.143. The van der Waals surface area contributed by atoms with Gasteiger partial charge in [0.15, 0.2) is 0 Å². The van der Waals surface area contributed by atoms with Gasteiger partial charge in [-0.05, 0) is 67.4 Å². The summed E-state index contributed by atoms with van der Waals surface area (Å²) < 4.78 is 5.14. The van der Waals surface area contributed by atoms with Gasteiger partial charge in [-0.25, -0.2) is 4.98 Å². The Morgan fingerprint density at radius 3 is 2.38 bits per heavy atom. The fourth-order valence-electron chi connectivity index (χ4n) is 2.71. The Labute approximate surface area is 153 Å². The summed E-state index contributed by atoms with van der Waals surface area (Å²) in [6.45, 7) is 4.13. The van der Waals surface area contributed by atoms with E-state index in [0.717, 1.165) is 11.4 Å². The Morgan fingerprint density at radius 2 is 1.73 bits per heavy atom. The molecule has 0 atom stereocenters. The highest BCUT2D eigenvalue weighted by atomic mass is 16.5. The van der Waals surface area contributed by atoms with Crippen LogP contribution in [0.1, 0.15) is 21.5 Å². The van der Waals surface area contributed by atoms with Crippen molar-refractivity contribution in [2.45, 2.75) is 13.8 Å². The highest BCUT2D eigenvalue weighted by molar-refractivity contribution is 6.04. The van der Waals surface area contributed by atoms with Crippen LogP contribution < -0.4 is 15.4 Å². The number of hydrogen-bond donors (Lipinski definition) is 2. The second kappa shape index (κ2) is 7.70. The predicted octanol–water partition coefficient (Wildman–Crippen LogP) is 4.70. The number of methoxy groups -OCH3 is 1. The normalized spacial score (nSPS) is 10.3. The van der Waals surface area contributed by atoms with Crippen LogP contribution in [0.4, 0.5) is 17.2 Å². The number of ether oxygens (including phenoxy) is 1. The molecule has 0 fully saturated rings. The zero-order valence-electron chi connectivity index (χ0n) is 15.0. The first kappa shape index (κ1) is 17.5. The fourth-order valence-corrected chi connectivity index (χ4v) is 2.71. The Hall–Kier alpha value is -3.34. The molecule has 1 aromatic heterocycles. The first-order valence-corrected chi connectivity index (χ1v) is 8.30. The summed E-state index contributed by atoms with van der Waals surface area (Å²) in [5, 5.41) is 6.11. The van der Waals surface area contributed by atoms with Crippen molar-refractivity contribution in [3.8, 4) is 5.75 Å². The first-order chi connectivity index (χ1) is 12.5. The molecule has 1 amide bonds. The maximum absolute atomic E-state index is 12.3. The van der Waals surface area contributed by atoms with Gasteiger partial charge < -0.3 is 15.4 Å². The third-order valence-electron chi connectivity index (χ3n) is 3.85. The lowest BCUT2D eigenvalue weighted by Crippen LogP contribution is -2.12. The molecule has 0 unspecified atom stereocenters. The Morgan fingerprint density at radius 1 is 0.962 bits per heavy atom. The number of hydrogen-bond acceptors (Lipinski definition) is 4. The van der Waals surface area contributed by atoms with Crippen molar-refractivity contribution < 1.29 is 9.53 Å². The molecular formula is C21H21N3O2. The maximum atomic E-state index is 12.3. The Kier molecular flexibility index (Phi) is 5.17. The van der Waals surface area contributed by atoms with Crippen LogP contribution in [0, 0.1) is 13.8 Å². The lowest BCUT2D eigenvalue weighted by atomic mass is 10.1. The van der Waals surface area contributed by atoms with Gasteiger partial charge in [-0.1, -0.05) is 12.1 Å². The minimum Gasteiger partial charge on any atom is -0.497 e. The van der Waals surface area contributed by atoms with Crippen LogP contribution in [-0.2, 0) is 0 Å². The molecule has 0 bridgehead atoms. The van der Waals surface area contributed by atoms with Gasteiger partial charge >= 0.3 is 0 Å². The van der Waals surface area contributed by atoms with Crippen molar-refractivity contribution in [3.05, 3.63) is 77.5 Å². The van der Waals surface area contributed by atoms with Crippen molar-refractivity contribution in [2.75, 3.05) is 17.7 Å². The van der Waals surface area contributed by atoms with Gasteiger partial charge in [-0.3, -0.25) is 4.79 Å². The number of anilines is 3. The molecule has 0 aliphatic heterocycles. The number of carbonyl (C=O) groups excluding carboxylic acids is 1. The highest BCUT2D eigenvalue weighted by Gasteiger charge is 2.08. The summed E-state index contributed by atoms with van der Waals surface area (Å²) in [5.41, 5.74) is 4.78. The van der Waals surface area contributed by atoms with Gasteiger partial charge in [0, 0.05) is 11.3 Å². The summed E-state index contributed by atoms with van der Waals surface area (Å²) in [5.74, 6) is 0.897. The van der Waals surface area contributed by atoms with Crippen LogP contribution in [0.3, 0.4) is 0 Å². The van der Waals surface area contributed by atoms with E-state index in [0.29, 0.717) is 17.1 Å². The second-order valence-corrected chi connectivity index (χ2v) is 6.12. The third kappa shape index (κ3) is 4.39. The Balaban J connectivity index is 1.68. The standard InChI is InChI=1S/C21H21N3O2/c1-14-9-15(2)11-18(10-14)23-17-7-8-20(22-13-17)24-21(25)16-5-4-6-19(12-16)26-3/h4-13,23H,1-3H3,(H,22,24,25). The molecule has 2 N–H and O–H groups in total. The molecule has 0 aliphatic rings. The van der Waals surface area contributed by atoms with E-state index < -0.39 is 0 Å². The van der Waals surface area contributed by atoms with Crippen LogP contribution in [-0.4, -0.2) is 18.0 Å². The Bertz CT molecular complexity index is 901. The molecule has 2 aromatic carbocycles. The van der Waals surface area contributed by atoms with Crippen molar-refractivity contribution in [2.24, 2.45) is 0 Å². The van der Waals surface area contributed by atoms with E-state index in [9.17, 15) is 4.79 Å². The lowest BCUT2D eigenvalue weighted by Gasteiger charge is -2.10. The number of carbonyl (C=O) groups is 1. The van der Waals surface area contributed by atoms with E-state index in [4.69, 9.17) is 4.74 Å². The summed E-state index contributed by atoms with van der Waals surface area (Å²) in [7, 11) is 1.57. The lowest BCUT2D eigenvalue weighted by molar-refractivity contribution is 0.102. The number of aryl methyl sites for hydroxylation is 2. The number of aromatic nitrogens is 1. The summed E-state index contributed by atoms with van der Waals surface area (Å²) in [6, 6.07) is 16.9. The average Bonchev–Trinajstić information content (AvgIpc) is 2.62. The minimum absolute atomic E-state index is 0.230. The van der Waals surface area contributed by atoms with Crippen molar-refractivity contribution in [1.82, 2.24) is 4.98 Å². The molecule has 26 heavy (non-hydrogen) atoms. The molecule has 132 valence electrons. The van der Waals surface area contributed by atoms with Gasteiger partial charge in [0.05, 0.1) is 19.0 Å². The van der Waals surface area contributed by atoms with E-state index in [1.807, 2.05) is 6.07 Å². The number of pyridine rings is 1. The molecule has 0 aliphatic carbocycles. The van der Waals surface area contributed by atoms with E-state index in [-0.39, 0.29) is 5.91 Å². The zero-order chi connectivity index (χ0) is 18.5. The SMILES string of the molecule is COc1cccc(C(=O)Nc2ccc(Nc3cc(C)cc(C)c3)cn2)c1. The molecule has 0 radical (unpaired) electrons. The zero-order valence-corrected chi connectivity index (χ0v) is 15.0. The van der Waals surface area contributed by atoms with E-state index in [2.05, 4.69) is 47.7 Å². The number of rotatable bonds is 5. The van der Waals surface area contributed by atoms with Crippen LogP contribution in [0.5, 0.6) is 5.75 Å². The third-order valence-corrected chi connectivity index (χ3v) is 3.85. The van der Waals surface area contributed by atoms with Gasteiger partial charge in [0.25, 0.3) is 5.91 Å². The van der Waals surface area contributed by atoms with Gasteiger partial charge in [0.2, 0.25) is 0 Å². The molecule has 0 saturated heterocycles. The molecule has 3 aromatic rings. The van der Waals surface area contributed by atoms with E-state index in [1.165, 1.54) is 11.1 Å². The molecule has 5 heteroatoms. The molecule has 3 rings (SSSR count). The molecule has 1 heterocycles. The molecule has 0 spiro atoms. The van der Waals surface area contributed by atoms with Crippen molar-refractivity contribution in [1.29, 1.82) is 0 Å².